The number of aliphatic hydroxyl groups excluding tert-OH is 4. The van der Waals surface area contributed by atoms with Gasteiger partial charge in [0.15, 0.2) is 6.29 Å². The van der Waals surface area contributed by atoms with Gasteiger partial charge in [-0.3, -0.25) is 0 Å². The van der Waals surface area contributed by atoms with Gasteiger partial charge in [0, 0.05) is 6.61 Å². The fourth-order valence-electron chi connectivity index (χ4n) is 1.37. The molecule has 6 nitrogen and oxygen atoms in total. The Bertz CT molecular complexity index is 171. The minimum Gasteiger partial charge on any atom is -0.394 e. The van der Waals surface area contributed by atoms with Crippen molar-refractivity contribution >= 4 is 0 Å². The summed E-state index contributed by atoms with van der Waals surface area (Å²) in [5.41, 5.74) is 0. The van der Waals surface area contributed by atoms with Crippen molar-refractivity contribution in [2.75, 3.05) is 13.2 Å². The Hall–Kier alpha value is -0.240. The Morgan fingerprint density at radius 2 is 1.79 bits per heavy atom. The summed E-state index contributed by atoms with van der Waals surface area (Å²) in [6, 6.07) is 0. The average Bonchev–Trinajstić information content (AvgIpc) is 2.19. The van der Waals surface area contributed by atoms with E-state index in [1.807, 2.05) is 0 Å². The van der Waals surface area contributed by atoms with E-state index in [2.05, 4.69) is 0 Å². The molecule has 0 saturated carbocycles. The van der Waals surface area contributed by atoms with Gasteiger partial charge in [-0.1, -0.05) is 0 Å². The van der Waals surface area contributed by atoms with Crippen molar-refractivity contribution in [2.45, 2.75) is 37.6 Å². The Balaban J connectivity index is 2.63. The molecule has 0 bridgehead atoms. The monoisotopic (exact) mass is 208 g/mol. The maximum Gasteiger partial charge on any atom is 0.186 e. The normalized spacial score (nSPS) is 43.9. The first kappa shape index (κ1) is 11.8. The molecule has 1 aliphatic heterocycles. The van der Waals surface area contributed by atoms with E-state index in [-0.39, 0.29) is 0 Å². The summed E-state index contributed by atoms with van der Waals surface area (Å²) in [7, 11) is 0. The second-order valence-corrected chi connectivity index (χ2v) is 3.15. The predicted octanol–water partition coefficient (Wildman–Crippen LogP) is -2.18. The third-order valence-electron chi connectivity index (χ3n) is 2.18. The Labute approximate surface area is 81.7 Å². The molecule has 1 aliphatic rings. The fraction of sp³-hybridized carbons (Fsp3) is 1.00. The second kappa shape index (κ2) is 5.01. The number of hydrogen-bond donors (Lipinski definition) is 4. The summed E-state index contributed by atoms with van der Waals surface area (Å²) in [4.78, 5) is 0. The Morgan fingerprint density at radius 1 is 1.14 bits per heavy atom. The molecule has 4 unspecified atom stereocenters. The van der Waals surface area contributed by atoms with E-state index < -0.39 is 37.3 Å². The Morgan fingerprint density at radius 3 is 2.29 bits per heavy atom. The fourth-order valence-corrected chi connectivity index (χ4v) is 1.37. The van der Waals surface area contributed by atoms with E-state index in [4.69, 9.17) is 14.6 Å². The van der Waals surface area contributed by atoms with Crippen molar-refractivity contribution in [1.29, 1.82) is 0 Å². The van der Waals surface area contributed by atoms with Crippen LogP contribution in [0.15, 0.2) is 0 Å². The molecule has 84 valence electrons. The summed E-state index contributed by atoms with van der Waals surface area (Å²) in [5, 5.41) is 36.9. The topological polar surface area (TPSA) is 99.4 Å². The Kier molecular flexibility index (Phi) is 4.24. The van der Waals surface area contributed by atoms with Crippen LogP contribution in [0.3, 0.4) is 0 Å². The maximum absolute atomic E-state index is 9.41. The smallest absolute Gasteiger partial charge is 0.186 e. The van der Waals surface area contributed by atoms with Crippen LogP contribution in [0.5, 0.6) is 0 Å². The predicted molar refractivity (Wildman–Crippen MR) is 45.4 cm³/mol. The van der Waals surface area contributed by atoms with Crippen LogP contribution in [0, 0.1) is 0 Å². The van der Waals surface area contributed by atoms with Gasteiger partial charge in [-0.05, 0) is 6.92 Å². The standard InChI is InChI=1S/C8H16O6/c1-2-13-8-7(12)6(11)5(10)4(3-9)14-8/h4-12H,2-3H2,1H3/t4?,5?,6?,7?,8-/m0/s1. The maximum atomic E-state index is 9.41. The lowest BCUT2D eigenvalue weighted by atomic mass is 9.99. The molecule has 0 aromatic carbocycles. The zero-order valence-electron chi connectivity index (χ0n) is 7.91. The molecule has 1 fully saturated rings. The van der Waals surface area contributed by atoms with E-state index in [1.54, 1.807) is 6.92 Å². The summed E-state index contributed by atoms with van der Waals surface area (Å²) in [5.74, 6) is 0. The van der Waals surface area contributed by atoms with E-state index >= 15 is 0 Å². The molecular weight excluding hydrogens is 192 g/mol. The first-order chi connectivity index (χ1) is 6.61. The molecule has 5 atom stereocenters. The van der Waals surface area contributed by atoms with Gasteiger partial charge >= 0.3 is 0 Å². The highest BCUT2D eigenvalue weighted by Crippen LogP contribution is 2.21. The summed E-state index contributed by atoms with van der Waals surface area (Å²) >= 11 is 0. The molecule has 0 aromatic rings. The van der Waals surface area contributed by atoms with Crippen LogP contribution in [0.1, 0.15) is 6.92 Å². The zero-order chi connectivity index (χ0) is 10.7. The largest absolute Gasteiger partial charge is 0.394 e. The van der Waals surface area contributed by atoms with Crippen LogP contribution in [0.25, 0.3) is 0 Å². The molecular formula is C8H16O6. The highest BCUT2D eigenvalue weighted by molar-refractivity contribution is 4.88. The highest BCUT2D eigenvalue weighted by atomic mass is 16.7. The SMILES string of the molecule is CCO[C@H]1OC(CO)C(O)C(O)C1O. The van der Waals surface area contributed by atoms with Gasteiger partial charge in [-0.2, -0.15) is 0 Å². The summed E-state index contributed by atoms with van der Waals surface area (Å²) in [6.07, 6.45) is -5.89. The van der Waals surface area contributed by atoms with Gasteiger partial charge in [0.25, 0.3) is 0 Å². The zero-order valence-corrected chi connectivity index (χ0v) is 7.91. The lowest BCUT2D eigenvalue weighted by Gasteiger charge is -2.39. The lowest BCUT2D eigenvalue weighted by Crippen LogP contribution is -2.59. The molecule has 0 radical (unpaired) electrons. The number of hydrogen-bond acceptors (Lipinski definition) is 6. The molecule has 1 rings (SSSR count). The number of ether oxygens (including phenoxy) is 2. The summed E-state index contributed by atoms with van der Waals surface area (Å²) in [6.45, 7) is 1.58. The minimum absolute atomic E-state index is 0.308. The van der Waals surface area contributed by atoms with Gasteiger partial charge in [-0.15, -0.1) is 0 Å². The first-order valence-corrected chi connectivity index (χ1v) is 4.54. The van der Waals surface area contributed by atoms with Gasteiger partial charge in [-0.25, -0.2) is 0 Å². The minimum atomic E-state index is -1.36. The number of rotatable bonds is 3. The molecule has 14 heavy (non-hydrogen) atoms. The second-order valence-electron chi connectivity index (χ2n) is 3.15. The van der Waals surface area contributed by atoms with Crippen LogP contribution in [0.4, 0.5) is 0 Å². The first-order valence-electron chi connectivity index (χ1n) is 4.54. The average molecular weight is 208 g/mol. The summed E-state index contributed by atoms with van der Waals surface area (Å²) < 4.78 is 10.0. The third-order valence-corrected chi connectivity index (χ3v) is 2.18. The quantitative estimate of drug-likeness (QED) is 0.421. The molecule has 0 spiro atoms. The van der Waals surface area contributed by atoms with E-state index in [1.165, 1.54) is 0 Å². The molecule has 1 saturated heterocycles. The molecule has 0 aliphatic carbocycles. The van der Waals surface area contributed by atoms with Crippen LogP contribution < -0.4 is 0 Å². The molecule has 1 heterocycles. The van der Waals surface area contributed by atoms with Crippen molar-refractivity contribution in [3.05, 3.63) is 0 Å². The van der Waals surface area contributed by atoms with Gasteiger partial charge < -0.3 is 29.9 Å². The molecule has 0 amide bonds. The third kappa shape index (κ3) is 2.22. The van der Waals surface area contributed by atoms with Crippen LogP contribution >= 0.6 is 0 Å². The van der Waals surface area contributed by atoms with Gasteiger partial charge in [0.05, 0.1) is 6.61 Å². The molecule has 4 N–H and O–H groups in total. The van der Waals surface area contributed by atoms with Crippen LogP contribution in [-0.4, -0.2) is 64.3 Å². The van der Waals surface area contributed by atoms with Crippen molar-refractivity contribution < 1.29 is 29.9 Å². The van der Waals surface area contributed by atoms with E-state index in [9.17, 15) is 15.3 Å². The van der Waals surface area contributed by atoms with Crippen molar-refractivity contribution in [3.63, 3.8) is 0 Å². The van der Waals surface area contributed by atoms with Crippen LogP contribution in [0.2, 0.25) is 0 Å². The number of aliphatic hydroxyl groups is 4. The molecule has 0 aromatic heterocycles. The van der Waals surface area contributed by atoms with Gasteiger partial charge in [0.2, 0.25) is 0 Å². The highest BCUT2D eigenvalue weighted by Gasteiger charge is 2.43. The van der Waals surface area contributed by atoms with E-state index in [0.717, 1.165) is 0 Å². The van der Waals surface area contributed by atoms with Crippen molar-refractivity contribution in [2.24, 2.45) is 0 Å². The van der Waals surface area contributed by atoms with Crippen molar-refractivity contribution in [1.82, 2.24) is 0 Å². The van der Waals surface area contributed by atoms with Crippen LogP contribution in [-0.2, 0) is 9.47 Å². The lowest BCUT2D eigenvalue weighted by molar-refractivity contribution is -0.300. The van der Waals surface area contributed by atoms with E-state index in [0.29, 0.717) is 6.61 Å². The molecule has 6 heteroatoms. The van der Waals surface area contributed by atoms with Gasteiger partial charge in [0.1, 0.15) is 24.4 Å². The van der Waals surface area contributed by atoms with Crippen molar-refractivity contribution in [3.8, 4) is 0 Å².